The molecule has 0 saturated heterocycles. The highest BCUT2D eigenvalue weighted by Gasteiger charge is 2.36. The number of hydrogen-bond acceptors (Lipinski definition) is 2. The molecule has 0 aromatic heterocycles. The SMILES string of the molecule is Cc1ccc(NC(C)(C(=O)O)c2ccccc2C)cc1. The van der Waals surface area contributed by atoms with Crippen molar-refractivity contribution < 1.29 is 9.90 Å². The van der Waals surface area contributed by atoms with Gasteiger partial charge in [-0.2, -0.15) is 0 Å². The molecule has 3 heteroatoms. The third-order valence-electron chi connectivity index (χ3n) is 3.56. The Labute approximate surface area is 119 Å². The van der Waals surface area contributed by atoms with Crippen molar-refractivity contribution in [1.29, 1.82) is 0 Å². The molecule has 20 heavy (non-hydrogen) atoms. The molecular weight excluding hydrogens is 250 g/mol. The van der Waals surface area contributed by atoms with E-state index in [9.17, 15) is 9.90 Å². The fourth-order valence-electron chi connectivity index (χ4n) is 2.30. The van der Waals surface area contributed by atoms with E-state index < -0.39 is 11.5 Å². The molecule has 0 radical (unpaired) electrons. The zero-order valence-corrected chi connectivity index (χ0v) is 12.0. The van der Waals surface area contributed by atoms with E-state index in [1.165, 1.54) is 0 Å². The molecule has 2 N–H and O–H groups in total. The first-order valence-electron chi connectivity index (χ1n) is 6.58. The molecule has 3 nitrogen and oxygen atoms in total. The monoisotopic (exact) mass is 269 g/mol. The smallest absolute Gasteiger partial charge is 0.333 e. The number of carboxylic acid groups (broad SMARTS) is 1. The summed E-state index contributed by atoms with van der Waals surface area (Å²) < 4.78 is 0. The van der Waals surface area contributed by atoms with Crippen LogP contribution in [0.2, 0.25) is 0 Å². The largest absolute Gasteiger partial charge is 0.479 e. The summed E-state index contributed by atoms with van der Waals surface area (Å²) in [5, 5.41) is 12.8. The van der Waals surface area contributed by atoms with E-state index in [2.05, 4.69) is 5.32 Å². The third-order valence-corrected chi connectivity index (χ3v) is 3.56. The van der Waals surface area contributed by atoms with E-state index in [0.29, 0.717) is 0 Å². The van der Waals surface area contributed by atoms with Crippen LogP contribution in [0.1, 0.15) is 23.6 Å². The van der Waals surface area contributed by atoms with Crippen molar-refractivity contribution in [3.8, 4) is 0 Å². The summed E-state index contributed by atoms with van der Waals surface area (Å²) in [6.07, 6.45) is 0. The van der Waals surface area contributed by atoms with Gasteiger partial charge in [0.05, 0.1) is 0 Å². The number of carbonyl (C=O) groups is 1. The first-order valence-corrected chi connectivity index (χ1v) is 6.58. The van der Waals surface area contributed by atoms with Crippen molar-refractivity contribution in [2.45, 2.75) is 26.3 Å². The summed E-state index contributed by atoms with van der Waals surface area (Å²) in [5.74, 6) is -0.896. The van der Waals surface area contributed by atoms with Crippen LogP contribution < -0.4 is 5.32 Å². The summed E-state index contributed by atoms with van der Waals surface area (Å²) in [6, 6.07) is 15.3. The quantitative estimate of drug-likeness (QED) is 0.889. The molecule has 2 aromatic carbocycles. The molecule has 0 fully saturated rings. The highest BCUT2D eigenvalue weighted by Crippen LogP contribution is 2.29. The summed E-state index contributed by atoms with van der Waals surface area (Å²) >= 11 is 0. The maximum absolute atomic E-state index is 11.8. The summed E-state index contributed by atoms with van der Waals surface area (Å²) in [7, 11) is 0. The van der Waals surface area contributed by atoms with E-state index in [1.807, 2.05) is 62.4 Å². The minimum Gasteiger partial charge on any atom is -0.479 e. The van der Waals surface area contributed by atoms with Gasteiger partial charge in [-0.3, -0.25) is 0 Å². The minimum absolute atomic E-state index is 0.771. The zero-order chi connectivity index (χ0) is 14.8. The zero-order valence-electron chi connectivity index (χ0n) is 12.0. The lowest BCUT2D eigenvalue weighted by atomic mass is 9.88. The Morgan fingerprint density at radius 1 is 1.05 bits per heavy atom. The minimum atomic E-state index is -1.15. The molecule has 104 valence electrons. The average Bonchev–Trinajstić information content (AvgIpc) is 2.41. The van der Waals surface area contributed by atoms with Crippen LogP contribution in [0.15, 0.2) is 48.5 Å². The van der Waals surface area contributed by atoms with Gasteiger partial charge < -0.3 is 10.4 Å². The number of carboxylic acids is 1. The molecule has 0 aliphatic rings. The number of hydrogen-bond donors (Lipinski definition) is 2. The third kappa shape index (κ3) is 2.67. The van der Waals surface area contributed by atoms with Crippen LogP contribution in [0.5, 0.6) is 0 Å². The molecule has 2 rings (SSSR count). The molecule has 1 unspecified atom stereocenters. The maximum atomic E-state index is 11.8. The Kier molecular flexibility index (Phi) is 3.79. The van der Waals surface area contributed by atoms with Crippen molar-refractivity contribution in [3.63, 3.8) is 0 Å². The summed E-state index contributed by atoms with van der Waals surface area (Å²) in [6.45, 7) is 5.62. The van der Waals surface area contributed by atoms with Gasteiger partial charge in [0.25, 0.3) is 0 Å². The second-order valence-electron chi connectivity index (χ2n) is 5.24. The Morgan fingerprint density at radius 3 is 2.20 bits per heavy atom. The van der Waals surface area contributed by atoms with Crippen molar-refractivity contribution >= 4 is 11.7 Å². The number of nitrogens with one attached hydrogen (secondary N) is 1. The second kappa shape index (κ2) is 5.37. The van der Waals surface area contributed by atoms with Crippen molar-refractivity contribution in [3.05, 3.63) is 65.2 Å². The topological polar surface area (TPSA) is 49.3 Å². The predicted octanol–water partition coefficient (Wildman–Crippen LogP) is 3.72. The lowest BCUT2D eigenvalue weighted by molar-refractivity contribution is -0.142. The van der Waals surface area contributed by atoms with E-state index in [1.54, 1.807) is 6.92 Å². The normalized spacial score (nSPS) is 13.6. The standard InChI is InChI=1S/C17H19NO2/c1-12-8-10-14(11-9-12)18-17(3,16(19)20)15-7-5-4-6-13(15)2/h4-11,18H,1-3H3,(H,19,20). The molecule has 0 saturated carbocycles. The van der Waals surface area contributed by atoms with Gasteiger partial charge in [-0.05, 0) is 44.0 Å². The lowest BCUT2D eigenvalue weighted by Crippen LogP contribution is -2.41. The van der Waals surface area contributed by atoms with E-state index >= 15 is 0 Å². The van der Waals surface area contributed by atoms with E-state index in [4.69, 9.17) is 0 Å². The van der Waals surface area contributed by atoms with Gasteiger partial charge in [-0.1, -0.05) is 42.0 Å². The van der Waals surface area contributed by atoms with Crippen molar-refractivity contribution in [2.75, 3.05) is 5.32 Å². The van der Waals surface area contributed by atoms with Crippen LogP contribution >= 0.6 is 0 Å². The van der Waals surface area contributed by atoms with Gasteiger partial charge >= 0.3 is 5.97 Å². The average molecular weight is 269 g/mol. The van der Waals surface area contributed by atoms with Crippen molar-refractivity contribution in [2.24, 2.45) is 0 Å². The highest BCUT2D eigenvalue weighted by molar-refractivity contribution is 5.84. The lowest BCUT2D eigenvalue weighted by Gasteiger charge is -2.29. The number of aryl methyl sites for hydroxylation is 2. The van der Waals surface area contributed by atoms with Crippen LogP contribution in [0.3, 0.4) is 0 Å². The van der Waals surface area contributed by atoms with Gasteiger partial charge in [-0.15, -0.1) is 0 Å². The van der Waals surface area contributed by atoms with Gasteiger partial charge in [0.1, 0.15) is 0 Å². The molecule has 0 aliphatic carbocycles. The highest BCUT2D eigenvalue weighted by atomic mass is 16.4. The first kappa shape index (κ1) is 14.1. The van der Waals surface area contributed by atoms with Gasteiger partial charge in [0.15, 0.2) is 5.54 Å². The second-order valence-corrected chi connectivity index (χ2v) is 5.24. The Balaban J connectivity index is 2.43. The molecule has 2 aromatic rings. The van der Waals surface area contributed by atoms with Crippen LogP contribution in [0, 0.1) is 13.8 Å². The molecule has 1 atom stereocenters. The number of rotatable bonds is 4. The van der Waals surface area contributed by atoms with Gasteiger partial charge in [0, 0.05) is 5.69 Å². The van der Waals surface area contributed by atoms with E-state index in [-0.39, 0.29) is 0 Å². The molecular formula is C17H19NO2. The molecule has 0 aliphatic heterocycles. The summed E-state index contributed by atoms with van der Waals surface area (Å²) in [5.41, 5.74) is 2.51. The van der Waals surface area contributed by atoms with Crippen molar-refractivity contribution in [1.82, 2.24) is 0 Å². The number of anilines is 1. The van der Waals surface area contributed by atoms with Crippen LogP contribution in [-0.2, 0) is 10.3 Å². The van der Waals surface area contributed by atoms with Crippen LogP contribution in [-0.4, -0.2) is 11.1 Å². The van der Waals surface area contributed by atoms with E-state index in [0.717, 1.165) is 22.4 Å². The Morgan fingerprint density at radius 2 is 1.65 bits per heavy atom. The number of aliphatic carboxylic acids is 1. The molecule has 0 amide bonds. The van der Waals surface area contributed by atoms with Gasteiger partial charge in [0.2, 0.25) is 0 Å². The molecule has 0 bridgehead atoms. The molecule has 0 heterocycles. The predicted molar refractivity (Wildman–Crippen MR) is 81.0 cm³/mol. The molecule has 0 spiro atoms. The van der Waals surface area contributed by atoms with Gasteiger partial charge in [-0.25, -0.2) is 4.79 Å². The van der Waals surface area contributed by atoms with Crippen LogP contribution in [0.25, 0.3) is 0 Å². The fourth-order valence-corrected chi connectivity index (χ4v) is 2.30. The maximum Gasteiger partial charge on any atom is 0.333 e. The Bertz CT molecular complexity index is 619. The Hall–Kier alpha value is -2.29. The van der Waals surface area contributed by atoms with Crippen LogP contribution in [0.4, 0.5) is 5.69 Å². The fraction of sp³-hybridized carbons (Fsp3) is 0.235. The first-order chi connectivity index (χ1) is 9.43. The number of benzene rings is 2. The summed E-state index contributed by atoms with van der Waals surface area (Å²) in [4.78, 5) is 11.8.